The summed E-state index contributed by atoms with van der Waals surface area (Å²) in [6, 6.07) is 0. The number of amides is 1. The number of carbonyl (C=O) groups is 1. The molecular formula is C4H10N2O5. The van der Waals surface area contributed by atoms with E-state index in [0.29, 0.717) is 5.01 Å². The summed E-state index contributed by atoms with van der Waals surface area (Å²) in [4.78, 5) is 10.4. The predicted octanol–water partition coefficient (Wildman–Crippen LogP) is -2.44. The van der Waals surface area contributed by atoms with Gasteiger partial charge in [-0.05, 0) is 0 Å². The number of hydrazine groups is 1. The molecule has 66 valence electrons. The second-order valence-corrected chi connectivity index (χ2v) is 1.94. The van der Waals surface area contributed by atoms with Crippen molar-refractivity contribution in [2.45, 2.75) is 5.97 Å². The fourth-order valence-electron chi connectivity index (χ4n) is 0.260. The lowest BCUT2D eigenvalue weighted by Crippen LogP contribution is -2.40. The number of aliphatic hydroxyl groups is 3. The molecule has 0 spiro atoms. The van der Waals surface area contributed by atoms with E-state index in [1.54, 1.807) is 0 Å². The summed E-state index contributed by atoms with van der Waals surface area (Å²) < 4.78 is 4.08. The topological polar surface area (TPSA) is 116 Å². The Hall–Kier alpha value is -0.890. The van der Waals surface area contributed by atoms with Crippen LogP contribution in [0.25, 0.3) is 0 Å². The Labute approximate surface area is 62.6 Å². The molecule has 0 aliphatic rings. The number of nitrogens with zero attached hydrogens (tertiary/aromatic N) is 1. The van der Waals surface area contributed by atoms with E-state index < -0.39 is 18.7 Å². The van der Waals surface area contributed by atoms with Crippen LogP contribution in [0, 0.1) is 0 Å². The van der Waals surface area contributed by atoms with Gasteiger partial charge in [0.05, 0.1) is 0 Å². The van der Waals surface area contributed by atoms with E-state index >= 15 is 0 Å². The third kappa shape index (κ3) is 5.55. The van der Waals surface area contributed by atoms with Crippen LogP contribution in [-0.4, -0.2) is 46.0 Å². The third-order valence-electron chi connectivity index (χ3n) is 0.677. The minimum absolute atomic E-state index is 0.589. The van der Waals surface area contributed by atoms with Crippen molar-refractivity contribution in [2.75, 3.05) is 13.7 Å². The molecule has 7 nitrogen and oxygen atoms in total. The van der Waals surface area contributed by atoms with Gasteiger partial charge in [0, 0.05) is 7.05 Å². The highest BCUT2D eigenvalue weighted by molar-refractivity contribution is 5.66. The molecule has 0 aromatic heterocycles. The van der Waals surface area contributed by atoms with Crippen LogP contribution in [0.15, 0.2) is 0 Å². The van der Waals surface area contributed by atoms with Gasteiger partial charge in [0.25, 0.3) is 0 Å². The highest BCUT2D eigenvalue weighted by Gasteiger charge is 2.21. The smallest absolute Gasteiger partial charge is 0.424 e. The summed E-state index contributed by atoms with van der Waals surface area (Å²) in [6.45, 7) is -0.951. The summed E-state index contributed by atoms with van der Waals surface area (Å²) in [5.41, 5.74) is 0. The van der Waals surface area contributed by atoms with E-state index in [0.717, 1.165) is 0 Å². The van der Waals surface area contributed by atoms with Crippen LogP contribution in [0.3, 0.4) is 0 Å². The number of rotatable bonds is 2. The molecule has 11 heavy (non-hydrogen) atoms. The van der Waals surface area contributed by atoms with Gasteiger partial charge in [-0.15, -0.1) is 0 Å². The normalized spacial score (nSPS) is 11.0. The van der Waals surface area contributed by atoms with Gasteiger partial charge in [0.1, 0.15) is 0 Å². The van der Waals surface area contributed by atoms with E-state index in [1.807, 2.05) is 0 Å². The van der Waals surface area contributed by atoms with Crippen molar-refractivity contribution in [1.82, 2.24) is 5.01 Å². The van der Waals surface area contributed by atoms with Gasteiger partial charge in [-0.2, -0.15) is 0 Å². The molecular weight excluding hydrogens is 156 g/mol. The molecule has 1 amide bonds. The minimum Gasteiger partial charge on any atom is -0.440 e. The Balaban J connectivity index is 3.64. The second kappa shape index (κ2) is 3.49. The van der Waals surface area contributed by atoms with E-state index in [9.17, 15) is 4.79 Å². The Bertz CT molecular complexity index is 140. The molecule has 5 N–H and O–H groups in total. The molecule has 0 aliphatic carbocycles. The largest absolute Gasteiger partial charge is 0.440 e. The Morgan fingerprint density at radius 2 is 2.09 bits per heavy atom. The molecule has 0 rings (SSSR count). The molecule has 0 aromatic carbocycles. The Kier molecular flexibility index (Phi) is 3.20. The molecule has 0 saturated carbocycles. The van der Waals surface area contributed by atoms with Gasteiger partial charge < -0.3 is 20.1 Å². The summed E-state index contributed by atoms with van der Waals surface area (Å²) >= 11 is 0. The standard InChI is InChI=1S/C4H10N2O5/c1-6(5)3(7)11-2-4(8,9)10/h8-10H,2,5H2,1H3. The summed E-state index contributed by atoms with van der Waals surface area (Å²) in [5, 5.41) is 25.3. The lowest BCUT2D eigenvalue weighted by molar-refractivity contribution is -0.325. The maximum absolute atomic E-state index is 10.4. The fraction of sp³-hybridized carbons (Fsp3) is 0.750. The highest BCUT2D eigenvalue weighted by Crippen LogP contribution is 1.94. The summed E-state index contributed by atoms with van der Waals surface area (Å²) in [6.07, 6.45) is -0.980. The minimum atomic E-state index is -3.01. The van der Waals surface area contributed by atoms with E-state index in [4.69, 9.17) is 21.2 Å². The predicted molar refractivity (Wildman–Crippen MR) is 32.7 cm³/mol. The molecule has 0 fully saturated rings. The van der Waals surface area contributed by atoms with Gasteiger partial charge in [0.15, 0.2) is 6.61 Å². The van der Waals surface area contributed by atoms with Crippen molar-refractivity contribution in [3.05, 3.63) is 0 Å². The van der Waals surface area contributed by atoms with Crippen LogP contribution in [0.2, 0.25) is 0 Å². The van der Waals surface area contributed by atoms with Crippen LogP contribution in [-0.2, 0) is 4.74 Å². The average Bonchev–Trinajstić information content (AvgIpc) is 1.80. The molecule has 0 saturated heterocycles. The maximum Gasteiger partial charge on any atom is 0.424 e. The summed E-state index contributed by atoms with van der Waals surface area (Å²) in [7, 11) is 1.20. The van der Waals surface area contributed by atoms with Gasteiger partial charge in [-0.1, -0.05) is 0 Å². The first-order chi connectivity index (χ1) is 4.83. The van der Waals surface area contributed by atoms with Crippen LogP contribution in [0.1, 0.15) is 0 Å². The number of ether oxygens (including phenoxy) is 1. The number of hydrogen-bond donors (Lipinski definition) is 4. The Morgan fingerprint density at radius 1 is 1.64 bits per heavy atom. The van der Waals surface area contributed by atoms with E-state index in [-0.39, 0.29) is 0 Å². The van der Waals surface area contributed by atoms with Crippen molar-refractivity contribution in [3.63, 3.8) is 0 Å². The molecule has 0 atom stereocenters. The van der Waals surface area contributed by atoms with Crippen LogP contribution < -0.4 is 5.84 Å². The number of nitrogens with two attached hydrogens (primary N) is 1. The third-order valence-corrected chi connectivity index (χ3v) is 0.677. The van der Waals surface area contributed by atoms with Crippen LogP contribution in [0.5, 0.6) is 0 Å². The molecule has 7 heteroatoms. The average molecular weight is 166 g/mol. The molecule has 0 radical (unpaired) electrons. The molecule has 0 heterocycles. The molecule has 0 bridgehead atoms. The monoisotopic (exact) mass is 166 g/mol. The quantitative estimate of drug-likeness (QED) is 0.157. The van der Waals surface area contributed by atoms with Crippen molar-refractivity contribution in [3.8, 4) is 0 Å². The zero-order valence-corrected chi connectivity index (χ0v) is 5.89. The zero-order chi connectivity index (χ0) is 9.07. The lowest BCUT2D eigenvalue weighted by atomic mass is 10.6. The maximum atomic E-state index is 10.4. The van der Waals surface area contributed by atoms with Crippen LogP contribution >= 0.6 is 0 Å². The Morgan fingerprint density at radius 3 is 2.36 bits per heavy atom. The van der Waals surface area contributed by atoms with Gasteiger partial charge in [-0.25, -0.2) is 15.6 Å². The van der Waals surface area contributed by atoms with Crippen molar-refractivity contribution in [2.24, 2.45) is 5.84 Å². The van der Waals surface area contributed by atoms with Crippen molar-refractivity contribution < 1.29 is 24.9 Å². The first-order valence-electron chi connectivity index (χ1n) is 2.65. The van der Waals surface area contributed by atoms with Crippen molar-refractivity contribution >= 4 is 6.09 Å². The van der Waals surface area contributed by atoms with E-state index in [1.165, 1.54) is 7.05 Å². The fourth-order valence-corrected chi connectivity index (χ4v) is 0.260. The number of carbonyl (C=O) groups excluding carboxylic acids is 1. The SMILES string of the molecule is CN(N)C(=O)OCC(O)(O)O. The summed E-state index contributed by atoms with van der Waals surface area (Å²) in [5.74, 6) is 1.87. The van der Waals surface area contributed by atoms with Gasteiger partial charge in [-0.3, -0.25) is 0 Å². The van der Waals surface area contributed by atoms with Gasteiger partial charge >= 0.3 is 12.1 Å². The first-order valence-corrected chi connectivity index (χ1v) is 2.65. The molecule has 0 unspecified atom stereocenters. The second-order valence-electron chi connectivity index (χ2n) is 1.94. The highest BCUT2D eigenvalue weighted by atomic mass is 16.7. The molecule has 0 aliphatic heterocycles. The van der Waals surface area contributed by atoms with Crippen LogP contribution in [0.4, 0.5) is 4.79 Å². The lowest BCUT2D eigenvalue weighted by Gasteiger charge is -2.15. The van der Waals surface area contributed by atoms with Gasteiger partial charge in [0.2, 0.25) is 0 Å². The first kappa shape index (κ1) is 10.1. The van der Waals surface area contributed by atoms with E-state index in [2.05, 4.69) is 4.74 Å². The molecule has 0 aromatic rings. The zero-order valence-electron chi connectivity index (χ0n) is 5.89. The van der Waals surface area contributed by atoms with Crippen molar-refractivity contribution in [1.29, 1.82) is 0 Å². The number of hydrogen-bond acceptors (Lipinski definition) is 6.